The third kappa shape index (κ3) is 17.9. The van der Waals surface area contributed by atoms with Crippen molar-refractivity contribution in [1.29, 1.82) is 0 Å². The summed E-state index contributed by atoms with van der Waals surface area (Å²) in [4.78, 5) is 0. The fourth-order valence-corrected chi connectivity index (χ4v) is 2.25. The molecule has 0 spiro atoms. The molecule has 0 atom stereocenters. The number of hydrogen-bond acceptors (Lipinski definition) is 3. The van der Waals surface area contributed by atoms with Crippen LogP contribution in [-0.2, 0) is 9.47 Å². The molecule has 0 aromatic carbocycles. The van der Waals surface area contributed by atoms with Crippen molar-refractivity contribution >= 4 is 0 Å². The number of rotatable bonds is 17. The van der Waals surface area contributed by atoms with E-state index in [2.05, 4.69) is 6.92 Å². The molecule has 0 heterocycles. The fourth-order valence-electron chi connectivity index (χ4n) is 2.25. The highest BCUT2D eigenvalue weighted by Gasteiger charge is 1.94. The summed E-state index contributed by atoms with van der Waals surface area (Å²) in [6, 6.07) is 0. The molecule has 0 aliphatic heterocycles. The Morgan fingerprint density at radius 3 is 1.50 bits per heavy atom. The maximum atomic E-state index is 8.52. The van der Waals surface area contributed by atoms with Crippen molar-refractivity contribution in [3.8, 4) is 0 Å². The second-order valence-corrected chi connectivity index (χ2v) is 5.48. The minimum absolute atomic E-state index is 0.0958. The Hall–Kier alpha value is -0.120. The second kappa shape index (κ2) is 18.9. The lowest BCUT2D eigenvalue weighted by Gasteiger charge is -2.05. The van der Waals surface area contributed by atoms with Gasteiger partial charge in [-0.3, -0.25) is 0 Å². The minimum Gasteiger partial charge on any atom is -0.394 e. The molecule has 0 saturated carbocycles. The number of hydrogen-bond donors (Lipinski definition) is 1. The van der Waals surface area contributed by atoms with Crippen LogP contribution < -0.4 is 0 Å². The van der Waals surface area contributed by atoms with Crippen molar-refractivity contribution in [3.05, 3.63) is 0 Å². The Morgan fingerprint density at radius 1 is 0.550 bits per heavy atom. The van der Waals surface area contributed by atoms with Crippen LogP contribution in [0.25, 0.3) is 0 Å². The first-order valence-corrected chi connectivity index (χ1v) is 8.68. The third-order valence-electron chi connectivity index (χ3n) is 3.50. The molecule has 3 nitrogen and oxygen atoms in total. The minimum atomic E-state index is 0.0958. The molecule has 122 valence electrons. The second-order valence-electron chi connectivity index (χ2n) is 5.48. The summed E-state index contributed by atoms with van der Waals surface area (Å²) >= 11 is 0. The van der Waals surface area contributed by atoms with Gasteiger partial charge in [-0.15, -0.1) is 0 Å². The molecular formula is C17H36O3. The van der Waals surface area contributed by atoms with E-state index in [1.54, 1.807) is 0 Å². The number of aliphatic hydroxyl groups is 1. The summed E-state index contributed by atoms with van der Waals surface area (Å²) < 4.78 is 10.6. The first kappa shape index (κ1) is 19.9. The monoisotopic (exact) mass is 288 g/mol. The Bertz CT molecular complexity index is 144. The van der Waals surface area contributed by atoms with Crippen molar-refractivity contribution in [3.63, 3.8) is 0 Å². The van der Waals surface area contributed by atoms with Crippen LogP contribution in [0, 0.1) is 0 Å². The van der Waals surface area contributed by atoms with Crippen LogP contribution in [0.4, 0.5) is 0 Å². The van der Waals surface area contributed by atoms with Crippen LogP contribution in [-0.4, -0.2) is 38.1 Å². The van der Waals surface area contributed by atoms with Gasteiger partial charge >= 0.3 is 0 Å². The van der Waals surface area contributed by atoms with E-state index in [-0.39, 0.29) is 6.61 Å². The lowest BCUT2D eigenvalue weighted by Crippen LogP contribution is -2.07. The Morgan fingerprint density at radius 2 is 1.00 bits per heavy atom. The molecule has 3 heteroatoms. The quantitative estimate of drug-likeness (QED) is 0.405. The normalized spacial score (nSPS) is 11.1. The van der Waals surface area contributed by atoms with Crippen LogP contribution in [0.2, 0.25) is 0 Å². The van der Waals surface area contributed by atoms with Crippen molar-refractivity contribution in [2.45, 2.75) is 77.6 Å². The van der Waals surface area contributed by atoms with Gasteiger partial charge in [0, 0.05) is 6.61 Å². The number of ether oxygens (including phenoxy) is 2. The van der Waals surface area contributed by atoms with Gasteiger partial charge in [0.25, 0.3) is 0 Å². The zero-order valence-corrected chi connectivity index (χ0v) is 13.6. The molecule has 0 aromatic heterocycles. The van der Waals surface area contributed by atoms with Gasteiger partial charge in [-0.05, 0) is 6.42 Å². The summed E-state index contributed by atoms with van der Waals surface area (Å²) in [6.07, 6.45) is 15.0. The van der Waals surface area contributed by atoms with Crippen molar-refractivity contribution in [1.82, 2.24) is 0 Å². The first-order valence-electron chi connectivity index (χ1n) is 8.68. The summed E-state index contributed by atoms with van der Waals surface area (Å²) in [5.74, 6) is 0. The molecule has 0 saturated heterocycles. The topological polar surface area (TPSA) is 38.7 Å². The van der Waals surface area contributed by atoms with Gasteiger partial charge < -0.3 is 14.6 Å². The van der Waals surface area contributed by atoms with E-state index >= 15 is 0 Å². The molecule has 0 bridgehead atoms. The van der Waals surface area contributed by atoms with Crippen molar-refractivity contribution in [2.75, 3.05) is 33.0 Å². The molecule has 0 rings (SSSR count). The summed E-state index contributed by atoms with van der Waals surface area (Å²) in [7, 11) is 0. The Kier molecular flexibility index (Phi) is 18.8. The molecule has 0 radical (unpaired) electrons. The van der Waals surface area contributed by atoms with Crippen LogP contribution in [0.1, 0.15) is 77.6 Å². The highest BCUT2D eigenvalue weighted by molar-refractivity contribution is 4.48. The molecule has 0 amide bonds. The lowest BCUT2D eigenvalue weighted by molar-refractivity contribution is 0.0321. The van der Waals surface area contributed by atoms with E-state index in [1.807, 2.05) is 0 Å². The Balaban J connectivity index is 2.89. The molecule has 1 N–H and O–H groups in total. The zero-order chi connectivity index (χ0) is 14.7. The maximum absolute atomic E-state index is 8.52. The van der Waals surface area contributed by atoms with Gasteiger partial charge in [0.15, 0.2) is 0 Å². The molecule has 0 aliphatic carbocycles. The lowest BCUT2D eigenvalue weighted by atomic mass is 10.1. The van der Waals surface area contributed by atoms with Gasteiger partial charge in [-0.1, -0.05) is 71.1 Å². The first-order chi connectivity index (χ1) is 9.91. The summed E-state index contributed by atoms with van der Waals surface area (Å²) in [5, 5.41) is 8.52. The molecule has 0 unspecified atom stereocenters. The molecule has 0 fully saturated rings. The zero-order valence-electron chi connectivity index (χ0n) is 13.6. The SMILES string of the molecule is CCCCCCCCCCCCCOCCOCCO. The third-order valence-corrected chi connectivity index (χ3v) is 3.50. The van der Waals surface area contributed by atoms with Crippen LogP contribution in [0.3, 0.4) is 0 Å². The summed E-state index contributed by atoms with van der Waals surface area (Å²) in [6.45, 7) is 4.88. The number of aliphatic hydroxyl groups excluding tert-OH is 1. The van der Waals surface area contributed by atoms with Crippen LogP contribution >= 0.6 is 0 Å². The van der Waals surface area contributed by atoms with Crippen molar-refractivity contribution < 1.29 is 14.6 Å². The molecule has 0 aliphatic rings. The Labute approximate surface area is 126 Å². The molecule has 20 heavy (non-hydrogen) atoms. The van der Waals surface area contributed by atoms with Crippen molar-refractivity contribution in [2.24, 2.45) is 0 Å². The fraction of sp³-hybridized carbons (Fsp3) is 1.00. The van der Waals surface area contributed by atoms with E-state index < -0.39 is 0 Å². The molecular weight excluding hydrogens is 252 g/mol. The number of unbranched alkanes of at least 4 members (excludes halogenated alkanes) is 10. The van der Waals surface area contributed by atoms with E-state index in [0.29, 0.717) is 19.8 Å². The highest BCUT2D eigenvalue weighted by Crippen LogP contribution is 2.11. The van der Waals surface area contributed by atoms with E-state index in [0.717, 1.165) is 13.0 Å². The molecule has 0 aromatic rings. The largest absolute Gasteiger partial charge is 0.394 e. The van der Waals surface area contributed by atoms with Gasteiger partial charge in [-0.2, -0.15) is 0 Å². The predicted molar refractivity (Wildman–Crippen MR) is 85.2 cm³/mol. The smallest absolute Gasteiger partial charge is 0.0701 e. The summed E-state index contributed by atoms with van der Waals surface area (Å²) in [5.41, 5.74) is 0. The van der Waals surface area contributed by atoms with E-state index in [1.165, 1.54) is 64.2 Å². The van der Waals surface area contributed by atoms with E-state index in [4.69, 9.17) is 14.6 Å². The van der Waals surface area contributed by atoms with Gasteiger partial charge in [-0.25, -0.2) is 0 Å². The maximum Gasteiger partial charge on any atom is 0.0701 e. The highest BCUT2D eigenvalue weighted by atomic mass is 16.5. The van der Waals surface area contributed by atoms with Gasteiger partial charge in [0.05, 0.1) is 26.4 Å². The average Bonchev–Trinajstić information content (AvgIpc) is 2.47. The average molecular weight is 288 g/mol. The predicted octanol–water partition coefficient (Wildman–Crippen LogP) is 4.32. The van der Waals surface area contributed by atoms with Gasteiger partial charge in [0.1, 0.15) is 0 Å². The van der Waals surface area contributed by atoms with Crippen LogP contribution in [0.5, 0.6) is 0 Å². The van der Waals surface area contributed by atoms with Gasteiger partial charge in [0.2, 0.25) is 0 Å². The van der Waals surface area contributed by atoms with E-state index in [9.17, 15) is 0 Å². The standard InChI is InChI=1S/C17H36O3/c1-2-3-4-5-6-7-8-9-10-11-12-14-19-16-17-20-15-13-18/h18H,2-17H2,1H3. The van der Waals surface area contributed by atoms with Crippen LogP contribution in [0.15, 0.2) is 0 Å².